The van der Waals surface area contributed by atoms with Gasteiger partial charge in [-0.2, -0.15) is 0 Å². The normalized spacial score (nSPS) is 45.5. The van der Waals surface area contributed by atoms with E-state index in [1.54, 1.807) is 6.92 Å². The van der Waals surface area contributed by atoms with E-state index in [2.05, 4.69) is 39.9 Å². The highest BCUT2D eigenvalue weighted by molar-refractivity contribution is 5.73. The molecule has 9 atom stereocenters. The second kappa shape index (κ2) is 9.02. The number of hydrogen-bond acceptors (Lipinski definition) is 1. The molecule has 4 fully saturated rings. The summed E-state index contributed by atoms with van der Waals surface area (Å²) >= 11 is 0. The second-order valence-corrected chi connectivity index (χ2v) is 13.4. The zero-order chi connectivity index (χ0) is 22.4. The van der Waals surface area contributed by atoms with Gasteiger partial charge >= 0.3 is 0 Å². The molecule has 0 radical (unpaired) electrons. The monoisotopic (exact) mass is 429 g/mol. The Kier molecular flexibility index (Phi) is 6.87. The lowest BCUT2D eigenvalue weighted by Crippen LogP contribution is -2.55. The summed E-state index contributed by atoms with van der Waals surface area (Å²) < 4.78 is 0. The van der Waals surface area contributed by atoms with Crippen molar-refractivity contribution in [1.29, 1.82) is 0 Å². The maximum absolute atomic E-state index is 11.6. The number of fused-ring (bicyclic) bond motifs is 5. The minimum Gasteiger partial charge on any atom is -0.354 e. The van der Waals surface area contributed by atoms with Crippen molar-refractivity contribution < 1.29 is 4.79 Å². The van der Waals surface area contributed by atoms with E-state index in [1.165, 1.54) is 77.0 Å². The van der Waals surface area contributed by atoms with E-state index < -0.39 is 0 Å². The molecule has 0 saturated heterocycles. The summed E-state index contributed by atoms with van der Waals surface area (Å²) in [6, 6.07) is 0.434. The Bertz CT molecular complexity index is 643. The first-order valence-electron chi connectivity index (χ1n) is 13.9. The van der Waals surface area contributed by atoms with Crippen LogP contribution < -0.4 is 5.32 Å². The Morgan fingerprint density at radius 2 is 1.61 bits per heavy atom. The van der Waals surface area contributed by atoms with E-state index in [-0.39, 0.29) is 5.91 Å². The maximum atomic E-state index is 11.6. The molecule has 0 spiro atoms. The van der Waals surface area contributed by atoms with Crippen molar-refractivity contribution in [2.45, 2.75) is 125 Å². The molecule has 1 N–H and O–H groups in total. The van der Waals surface area contributed by atoms with Crippen LogP contribution in [0.15, 0.2) is 0 Å². The predicted octanol–water partition coefficient (Wildman–Crippen LogP) is 7.61. The van der Waals surface area contributed by atoms with Crippen LogP contribution in [0.25, 0.3) is 0 Å². The summed E-state index contributed by atoms with van der Waals surface area (Å²) in [5.41, 5.74) is 1.13. The molecule has 0 aromatic heterocycles. The molecule has 178 valence electrons. The molecule has 4 rings (SSSR count). The van der Waals surface area contributed by atoms with E-state index in [0.29, 0.717) is 16.9 Å². The molecule has 4 aliphatic rings. The Balaban J connectivity index is 1.43. The third-order valence-corrected chi connectivity index (χ3v) is 11.3. The number of nitrogens with one attached hydrogen (secondary N) is 1. The minimum absolute atomic E-state index is 0.162. The van der Waals surface area contributed by atoms with Crippen LogP contribution in [0, 0.1) is 52.3 Å². The van der Waals surface area contributed by atoms with Crippen LogP contribution in [0.1, 0.15) is 119 Å². The van der Waals surface area contributed by atoms with Crippen molar-refractivity contribution in [2.75, 3.05) is 0 Å². The molecular weight excluding hydrogens is 378 g/mol. The highest BCUT2D eigenvalue weighted by atomic mass is 16.1. The van der Waals surface area contributed by atoms with Crippen molar-refractivity contribution in [2.24, 2.45) is 52.3 Å². The highest BCUT2D eigenvalue weighted by Crippen LogP contribution is 2.68. The van der Waals surface area contributed by atoms with Gasteiger partial charge in [0.25, 0.3) is 0 Å². The summed E-state index contributed by atoms with van der Waals surface area (Å²) in [7, 11) is 0. The lowest BCUT2D eigenvalue weighted by atomic mass is 9.44. The van der Waals surface area contributed by atoms with Gasteiger partial charge in [0, 0.05) is 13.0 Å². The van der Waals surface area contributed by atoms with Crippen LogP contribution in [-0.2, 0) is 4.79 Å². The number of hydrogen-bond donors (Lipinski definition) is 1. The molecule has 4 aliphatic carbocycles. The van der Waals surface area contributed by atoms with Gasteiger partial charge in [-0.3, -0.25) is 4.79 Å². The molecule has 1 amide bonds. The minimum atomic E-state index is 0.162. The van der Waals surface area contributed by atoms with Crippen molar-refractivity contribution >= 4 is 5.91 Å². The quantitative estimate of drug-likeness (QED) is 0.462. The molecule has 4 saturated carbocycles. The number of carbonyl (C=O) groups excluding carboxylic acids is 1. The average Bonchev–Trinajstić information content (AvgIpc) is 3.05. The first-order chi connectivity index (χ1) is 14.6. The Labute approximate surface area is 193 Å². The van der Waals surface area contributed by atoms with Crippen LogP contribution in [0.5, 0.6) is 0 Å². The van der Waals surface area contributed by atoms with E-state index >= 15 is 0 Å². The van der Waals surface area contributed by atoms with Crippen LogP contribution in [0.2, 0.25) is 0 Å². The van der Waals surface area contributed by atoms with E-state index in [4.69, 9.17) is 0 Å². The van der Waals surface area contributed by atoms with Gasteiger partial charge < -0.3 is 5.32 Å². The molecule has 2 heteroatoms. The molecule has 0 aromatic carbocycles. The smallest absolute Gasteiger partial charge is 0.217 e. The molecule has 2 unspecified atom stereocenters. The molecule has 0 aromatic rings. The zero-order valence-corrected chi connectivity index (χ0v) is 21.5. The topological polar surface area (TPSA) is 29.1 Å². The Morgan fingerprint density at radius 1 is 0.903 bits per heavy atom. The summed E-state index contributed by atoms with van der Waals surface area (Å²) in [5, 5.41) is 3.25. The number of amides is 1. The lowest BCUT2D eigenvalue weighted by Gasteiger charge is -2.61. The third kappa shape index (κ3) is 4.35. The second-order valence-electron chi connectivity index (χ2n) is 13.4. The van der Waals surface area contributed by atoms with Crippen molar-refractivity contribution in [3.05, 3.63) is 0 Å². The third-order valence-electron chi connectivity index (χ3n) is 11.3. The number of rotatable bonds is 6. The van der Waals surface area contributed by atoms with Gasteiger partial charge in [-0.25, -0.2) is 0 Å². The van der Waals surface area contributed by atoms with Crippen molar-refractivity contribution in [1.82, 2.24) is 5.32 Å². The van der Waals surface area contributed by atoms with Crippen LogP contribution >= 0.6 is 0 Å². The van der Waals surface area contributed by atoms with Crippen LogP contribution in [0.4, 0.5) is 0 Å². The fourth-order valence-electron chi connectivity index (χ4n) is 9.70. The first-order valence-corrected chi connectivity index (χ1v) is 13.9. The zero-order valence-electron chi connectivity index (χ0n) is 21.5. The standard InChI is InChI=1S/C29H51NO/c1-19(2)8-7-9-20(3)25-12-13-26-24-11-10-22-18-23(30-21(4)31)14-16-28(22,5)27(24)15-17-29(25,26)6/h19-20,22-27H,7-18H2,1-6H3,(H,30,31)/t20-,22?,23?,24+,25-,26+,27+,28+,29-/m1/s1. The van der Waals surface area contributed by atoms with Crippen molar-refractivity contribution in [3.8, 4) is 0 Å². The fraction of sp³-hybridized carbons (Fsp3) is 0.966. The Hall–Kier alpha value is -0.530. The van der Waals surface area contributed by atoms with Gasteiger partial charge in [0.15, 0.2) is 0 Å². The molecule has 31 heavy (non-hydrogen) atoms. The van der Waals surface area contributed by atoms with E-state index in [0.717, 1.165) is 41.4 Å². The number of carbonyl (C=O) groups is 1. The molecule has 0 aliphatic heterocycles. The fourth-order valence-corrected chi connectivity index (χ4v) is 9.70. The molecule has 2 nitrogen and oxygen atoms in total. The van der Waals surface area contributed by atoms with Gasteiger partial charge in [0.1, 0.15) is 0 Å². The van der Waals surface area contributed by atoms with Crippen LogP contribution in [0.3, 0.4) is 0 Å². The van der Waals surface area contributed by atoms with Gasteiger partial charge in [-0.05, 0) is 110 Å². The largest absolute Gasteiger partial charge is 0.354 e. The molecule has 0 bridgehead atoms. The van der Waals surface area contributed by atoms with Gasteiger partial charge in [0.2, 0.25) is 5.91 Å². The summed E-state index contributed by atoms with van der Waals surface area (Å²) in [6.45, 7) is 14.4. The average molecular weight is 430 g/mol. The Morgan fingerprint density at radius 3 is 2.32 bits per heavy atom. The summed E-state index contributed by atoms with van der Waals surface area (Å²) in [4.78, 5) is 11.6. The first kappa shape index (κ1) is 23.6. The highest BCUT2D eigenvalue weighted by Gasteiger charge is 2.60. The summed E-state index contributed by atoms with van der Waals surface area (Å²) in [6.07, 6.45) is 16.9. The van der Waals surface area contributed by atoms with E-state index in [1.807, 2.05) is 0 Å². The molecule has 0 heterocycles. The maximum Gasteiger partial charge on any atom is 0.217 e. The SMILES string of the molecule is CC(=O)NC1CC[C@@]2(C)C(CC[C@H]3[C@@H]4CC[C@H]([C@H](C)CCCC(C)C)[C@@]4(C)CC[C@@H]32)C1. The van der Waals surface area contributed by atoms with Gasteiger partial charge in [-0.1, -0.05) is 53.9 Å². The van der Waals surface area contributed by atoms with Gasteiger partial charge in [0.05, 0.1) is 0 Å². The molecular formula is C29H51NO. The van der Waals surface area contributed by atoms with Gasteiger partial charge in [-0.15, -0.1) is 0 Å². The summed E-state index contributed by atoms with van der Waals surface area (Å²) in [5.74, 6) is 6.62. The van der Waals surface area contributed by atoms with Crippen molar-refractivity contribution in [3.63, 3.8) is 0 Å². The predicted molar refractivity (Wildman–Crippen MR) is 131 cm³/mol. The lowest BCUT2D eigenvalue weighted by molar-refractivity contribution is -0.126. The van der Waals surface area contributed by atoms with Crippen LogP contribution in [-0.4, -0.2) is 11.9 Å². The van der Waals surface area contributed by atoms with E-state index in [9.17, 15) is 4.79 Å².